The van der Waals surface area contributed by atoms with E-state index in [2.05, 4.69) is 9.97 Å². The molecule has 0 radical (unpaired) electrons. The van der Waals surface area contributed by atoms with E-state index < -0.39 is 0 Å². The molecule has 2 aromatic heterocycles. The molecule has 13 heavy (non-hydrogen) atoms. The van der Waals surface area contributed by atoms with Gasteiger partial charge >= 0.3 is 0 Å². The van der Waals surface area contributed by atoms with E-state index in [1.807, 2.05) is 19.1 Å². The van der Waals surface area contributed by atoms with Crippen LogP contribution in [-0.4, -0.2) is 9.97 Å². The number of rotatable bonds is 1. The lowest BCUT2D eigenvalue weighted by Gasteiger charge is -1.93. The highest BCUT2D eigenvalue weighted by atomic mass is 32.1. The van der Waals surface area contributed by atoms with Gasteiger partial charge in [-0.05, 0) is 19.1 Å². The summed E-state index contributed by atoms with van der Waals surface area (Å²) in [5.74, 6) is 0. The number of aromatic amines is 1. The third-order valence-electron chi connectivity index (χ3n) is 1.66. The smallest absolute Gasteiger partial charge is 0.266 e. The van der Waals surface area contributed by atoms with Gasteiger partial charge < -0.3 is 4.98 Å². The number of aryl methyl sites for hydroxylation is 1. The largest absolute Gasteiger partial charge is 0.319 e. The highest BCUT2D eigenvalue weighted by Gasteiger charge is 2.00. The van der Waals surface area contributed by atoms with Crippen LogP contribution in [0, 0.1) is 6.92 Å². The summed E-state index contributed by atoms with van der Waals surface area (Å²) in [7, 11) is 0. The molecule has 2 rings (SSSR count). The van der Waals surface area contributed by atoms with Crippen molar-refractivity contribution in [3.05, 3.63) is 39.8 Å². The van der Waals surface area contributed by atoms with Gasteiger partial charge in [0, 0.05) is 4.88 Å². The zero-order chi connectivity index (χ0) is 9.26. The fourth-order valence-corrected chi connectivity index (χ4v) is 1.91. The zero-order valence-electron chi connectivity index (χ0n) is 7.07. The van der Waals surface area contributed by atoms with Gasteiger partial charge in [-0.25, -0.2) is 0 Å². The SMILES string of the molecule is Cc1ccc(-c2cncc(=O)[nH]2)s1. The Kier molecular flexibility index (Phi) is 1.98. The normalized spacial score (nSPS) is 10.2. The van der Waals surface area contributed by atoms with Crippen LogP contribution in [0.1, 0.15) is 4.88 Å². The molecule has 0 aliphatic carbocycles. The Morgan fingerprint density at radius 3 is 2.85 bits per heavy atom. The maximum absolute atomic E-state index is 11.0. The van der Waals surface area contributed by atoms with E-state index in [0.717, 1.165) is 10.6 Å². The van der Waals surface area contributed by atoms with E-state index >= 15 is 0 Å². The van der Waals surface area contributed by atoms with Crippen LogP contribution in [0.5, 0.6) is 0 Å². The number of hydrogen-bond donors (Lipinski definition) is 1. The fourth-order valence-electron chi connectivity index (χ4n) is 1.08. The summed E-state index contributed by atoms with van der Waals surface area (Å²) in [6, 6.07) is 4.00. The molecule has 0 bridgehead atoms. The Morgan fingerprint density at radius 1 is 1.38 bits per heavy atom. The summed E-state index contributed by atoms with van der Waals surface area (Å²) >= 11 is 1.64. The molecule has 0 fully saturated rings. The molecular weight excluding hydrogens is 184 g/mol. The Labute approximate surface area is 79.1 Å². The van der Waals surface area contributed by atoms with Crippen LogP contribution >= 0.6 is 11.3 Å². The molecule has 0 spiro atoms. The number of nitrogens with one attached hydrogen (secondary N) is 1. The minimum atomic E-state index is -0.163. The average molecular weight is 192 g/mol. The molecule has 3 nitrogen and oxygen atoms in total. The lowest BCUT2D eigenvalue weighted by molar-refractivity contribution is 1.15. The number of thiophene rings is 1. The van der Waals surface area contributed by atoms with Gasteiger partial charge in [0.1, 0.15) is 0 Å². The topological polar surface area (TPSA) is 45.8 Å². The van der Waals surface area contributed by atoms with Crippen molar-refractivity contribution in [2.45, 2.75) is 6.92 Å². The molecule has 0 atom stereocenters. The predicted octanol–water partition coefficient (Wildman–Crippen LogP) is 1.81. The Bertz CT molecular complexity index is 472. The Balaban J connectivity index is 2.52. The van der Waals surface area contributed by atoms with Gasteiger partial charge in [-0.1, -0.05) is 0 Å². The second kappa shape index (κ2) is 3.14. The first-order chi connectivity index (χ1) is 6.25. The first-order valence-electron chi connectivity index (χ1n) is 3.87. The molecule has 2 aromatic rings. The zero-order valence-corrected chi connectivity index (χ0v) is 7.89. The van der Waals surface area contributed by atoms with Gasteiger partial charge in [0.2, 0.25) is 0 Å². The van der Waals surface area contributed by atoms with Gasteiger partial charge in [-0.2, -0.15) is 0 Å². The van der Waals surface area contributed by atoms with Gasteiger partial charge in [0.15, 0.2) is 0 Å². The Hall–Kier alpha value is -1.42. The second-order valence-electron chi connectivity index (χ2n) is 2.72. The van der Waals surface area contributed by atoms with Crippen molar-refractivity contribution in [2.75, 3.05) is 0 Å². The van der Waals surface area contributed by atoms with Crippen molar-refractivity contribution in [3.63, 3.8) is 0 Å². The summed E-state index contributed by atoms with van der Waals surface area (Å²) in [5, 5.41) is 0. The van der Waals surface area contributed by atoms with Crippen molar-refractivity contribution in [2.24, 2.45) is 0 Å². The van der Waals surface area contributed by atoms with Crippen LogP contribution in [0.15, 0.2) is 29.3 Å². The molecule has 0 saturated carbocycles. The average Bonchev–Trinajstić information content (AvgIpc) is 2.52. The molecule has 0 saturated heterocycles. The number of hydrogen-bond acceptors (Lipinski definition) is 3. The first-order valence-corrected chi connectivity index (χ1v) is 4.68. The third-order valence-corrected chi connectivity index (χ3v) is 2.69. The molecule has 4 heteroatoms. The molecular formula is C9H8N2OS. The minimum Gasteiger partial charge on any atom is -0.319 e. The molecule has 1 N–H and O–H groups in total. The van der Waals surface area contributed by atoms with Crippen LogP contribution in [-0.2, 0) is 0 Å². The van der Waals surface area contributed by atoms with E-state index in [4.69, 9.17) is 0 Å². The highest BCUT2D eigenvalue weighted by Crippen LogP contribution is 2.24. The first kappa shape index (κ1) is 8.19. The Morgan fingerprint density at radius 2 is 2.23 bits per heavy atom. The lowest BCUT2D eigenvalue weighted by atomic mass is 10.3. The number of nitrogens with zero attached hydrogens (tertiary/aromatic N) is 1. The van der Waals surface area contributed by atoms with Gasteiger partial charge in [0.25, 0.3) is 5.56 Å². The standard InChI is InChI=1S/C9H8N2OS/c1-6-2-3-8(13-6)7-4-10-5-9(12)11-7/h2-5H,1H3,(H,11,12). The van der Waals surface area contributed by atoms with E-state index in [-0.39, 0.29) is 5.56 Å². The number of aromatic nitrogens is 2. The van der Waals surface area contributed by atoms with Gasteiger partial charge in [-0.3, -0.25) is 9.78 Å². The molecule has 0 aliphatic rings. The molecule has 0 aliphatic heterocycles. The highest BCUT2D eigenvalue weighted by molar-refractivity contribution is 7.15. The summed E-state index contributed by atoms with van der Waals surface area (Å²) in [6.45, 7) is 2.03. The van der Waals surface area contributed by atoms with E-state index in [0.29, 0.717) is 0 Å². The van der Waals surface area contributed by atoms with Crippen LogP contribution in [0.25, 0.3) is 10.6 Å². The summed E-state index contributed by atoms with van der Waals surface area (Å²) < 4.78 is 0. The lowest BCUT2D eigenvalue weighted by Crippen LogP contribution is -2.04. The van der Waals surface area contributed by atoms with Crippen LogP contribution in [0.2, 0.25) is 0 Å². The van der Waals surface area contributed by atoms with Crippen molar-refractivity contribution >= 4 is 11.3 Å². The van der Waals surface area contributed by atoms with E-state index in [1.165, 1.54) is 11.1 Å². The number of H-pyrrole nitrogens is 1. The quantitative estimate of drug-likeness (QED) is 0.749. The molecule has 0 aromatic carbocycles. The maximum Gasteiger partial charge on any atom is 0.266 e. The van der Waals surface area contributed by atoms with Crippen molar-refractivity contribution < 1.29 is 0 Å². The summed E-state index contributed by atoms with van der Waals surface area (Å²) in [5.41, 5.74) is 0.620. The molecule has 66 valence electrons. The summed E-state index contributed by atoms with van der Waals surface area (Å²) in [4.78, 5) is 19.8. The van der Waals surface area contributed by atoms with Gasteiger partial charge in [0.05, 0.1) is 23.0 Å². The molecule has 2 heterocycles. The minimum absolute atomic E-state index is 0.163. The third kappa shape index (κ3) is 1.67. The maximum atomic E-state index is 11.0. The molecule has 0 unspecified atom stereocenters. The summed E-state index contributed by atoms with van der Waals surface area (Å²) in [6.07, 6.45) is 2.93. The fraction of sp³-hybridized carbons (Fsp3) is 0.111. The van der Waals surface area contributed by atoms with Crippen LogP contribution in [0.4, 0.5) is 0 Å². The predicted molar refractivity (Wildman–Crippen MR) is 52.9 cm³/mol. The van der Waals surface area contributed by atoms with Crippen molar-refractivity contribution in [1.29, 1.82) is 0 Å². The van der Waals surface area contributed by atoms with E-state index in [1.54, 1.807) is 17.5 Å². The van der Waals surface area contributed by atoms with Crippen molar-refractivity contribution in [3.8, 4) is 10.6 Å². The van der Waals surface area contributed by atoms with Crippen LogP contribution < -0.4 is 5.56 Å². The van der Waals surface area contributed by atoms with E-state index in [9.17, 15) is 4.79 Å². The van der Waals surface area contributed by atoms with Gasteiger partial charge in [-0.15, -0.1) is 11.3 Å². The van der Waals surface area contributed by atoms with Crippen molar-refractivity contribution in [1.82, 2.24) is 9.97 Å². The molecule has 0 amide bonds. The monoisotopic (exact) mass is 192 g/mol. The second-order valence-corrected chi connectivity index (χ2v) is 4.01. The van der Waals surface area contributed by atoms with Crippen LogP contribution in [0.3, 0.4) is 0 Å².